The van der Waals surface area contributed by atoms with Crippen molar-refractivity contribution in [1.82, 2.24) is 5.32 Å². The predicted molar refractivity (Wildman–Crippen MR) is 96.0 cm³/mol. The Hall–Kier alpha value is -2.42. The molecule has 0 aliphatic carbocycles. The number of hydrogen-bond acceptors (Lipinski definition) is 5. The van der Waals surface area contributed by atoms with Gasteiger partial charge in [-0.15, -0.1) is 0 Å². The van der Waals surface area contributed by atoms with Crippen LogP contribution < -0.4 is 20.5 Å². The van der Waals surface area contributed by atoms with Gasteiger partial charge in [-0.1, -0.05) is 18.2 Å². The maximum Gasteiger partial charge on any atom is 0.238 e. The molecule has 25 heavy (non-hydrogen) atoms. The lowest BCUT2D eigenvalue weighted by Crippen LogP contribution is -2.29. The minimum absolute atomic E-state index is 0.0851. The smallest absolute Gasteiger partial charge is 0.238 e. The highest BCUT2D eigenvalue weighted by Gasteiger charge is 2.07. The first-order chi connectivity index (χ1) is 11.9. The Morgan fingerprint density at radius 3 is 2.52 bits per heavy atom. The number of methoxy groups -OCH3 is 1. The Labute approximate surface area is 147 Å². The van der Waals surface area contributed by atoms with Gasteiger partial charge in [-0.05, 0) is 42.8 Å². The molecular weight excluding hydrogens is 342 g/mol. The maximum absolute atomic E-state index is 11.9. The number of rotatable bonds is 8. The Balaban J connectivity index is 1.74. The Morgan fingerprint density at radius 2 is 1.88 bits per heavy atom. The van der Waals surface area contributed by atoms with E-state index >= 15 is 0 Å². The lowest BCUT2D eigenvalue weighted by Gasteiger charge is -2.08. The van der Waals surface area contributed by atoms with E-state index in [2.05, 4.69) is 10.6 Å². The first-order valence-corrected chi connectivity index (χ1v) is 9.19. The van der Waals surface area contributed by atoms with Crippen LogP contribution in [0.1, 0.15) is 5.56 Å². The van der Waals surface area contributed by atoms with Crippen molar-refractivity contribution in [2.45, 2.75) is 11.3 Å². The number of nitrogens with two attached hydrogens (primary N) is 1. The highest BCUT2D eigenvalue weighted by Crippen LogP contribution is 2.16. The minimum Gasteiger partial charge on any atom is -0.497 e. The van der Waals surface area contributed by atoms with Crippen LogP contribution in [-0.4, -0.2) is 34.5 Å². The summed E-state index contributed by atoms with van der Waals surface area (Å²) in [5.41, 5.74) is 1.62. The third-order valence-corrected chi connectivity index (χ3v) is 4.41. The second-order valence-electron chi connectivity index (χ2n) is 5.40. The molecule has 0 heterocycles. The number of nitrogens with one attached hydrogen (secondary N) is 2. The molecule has 2 aromatic rings. The van der Waals surface area contributed by atoms with E-state index in [1.807, 2.05) is 0 Å². The van der Waals surface area contributed by atoms with E-state index in [0.29, 0.717) is 24.4 Å². The molecule has 0 saturated carbocycles. The zero-order chi connectivity index (χ0) is 18.3. The molecular formula is C17H21N3O4S. The summed E-state index contributed by atoms with van der Waals surface area (Å²) in [5.74, 6) is 0.520. The van der Waals surface area contributed by atoms with Crippen LogP contribution in [0.2, 0.25) is 0 Å². The van der Waals surface area contributed by atoms with E-state index in [1.54, 1.807) is 43.5 Å². The zero-order valence-corrected chi connectivity index (χ0v) is 14.7. The number of ether oxygens (including phenoxy) is 1. The average molecular weight is 363 g/mol. The molecule has 0 atom stereocenters. The van der Waals surface area contributed by atoms with Crippen molar-refractivity contribution in [2.75, 3.05) is 25.5 Å². The van der Waals surface area contributed by atoms with E-state index in [0.717, 1.165) is 5.56 Å². The van der Waals surface area contributed by atoms with Gasteiger partial charge in [-0.25, -0.2) is 13.6 Å². The fourth-order valence-corrected chi connectivity index (χ4v) is 2.70. The summed E-state index contributed by atoms with van der Waals surface area (Å²) in [5, 5.41) is 10.9. The van der Waals surface area contributed by atoms with Crippen molar-refractivity contribution >= 4 is 21.6 Å². The highest BCUT2D eigenvalue weighted by atomic mass is 32.2. The fraction of sp³-hybridized carbons (Fsp3) is 0.235. The topological polar surface area (TPSA) is 111 Å². The number of carbonyl (C=O) groups is 1. The molecule has 0 aromatic heterocycles. The van der Waals surface area contributed by atoms with Crippen LogP contribution in [0.15, 0.2) is 53.4 Å². The number of carbonyl (C=O) groups excluding carboxylic acids is 1. The van der Waals surface area contributed by atoms with Gasteiger partial charge in [0.1, 0.15) is 5.75 Å². The van der Waals surface area contributed by atoms with E-state index < -0.39 is 10.0 Å². The number of amides is 1. The third-order valence-electron chi connectivity index (χ3n) is 3.48. The van der Waals surface area contributed by atoms with E-state index in [1.165, 1.54) is 12.1 Å². The van der Waals surface area contributed by atoms with Gasteiger partial charge < -0.3 is 15.4 Å². The van der Waals surface area contributed by atoms with Crippen LogP contribution in [0.3, 0.4) is 0 Å². The van der Waals surface area contributed by atoms with Crippen LogP contribution in [0.25, 0.3) is 0 Å². The summed E-state index contributed by atoms with van der Waals surface area (Å²) >= 11 is 0. The van der Waals surface area contributed by atoms with Gasteiger partial charge in [0, 0.05) is 11.8 Å². The average Bonchev–Trinajstić information content (AvgIpc) is 2.58. The van der Waals surface area contributed by atoms with Gasteiger partial charge in [0.2, 0.25) is 15.9 Å². The Morgan fingerprint density at radius 1 is 1.16 bits per heavy atom. The SMILES string of the molecule is COc1cccc(NC(=O)CNCCc2ccc(S(N)(=O)=O)cc2)c1. The zero-order valence-electron chi connectivity index (χ0n) is 13.9. The molecule has 0 aliphatic heterocycles. The van der Waals surface area contributed by atoms with Crippen molar-refractivity contribution in [2.24, 2.45) is 5.14 Å². The van der Waals surface area contributed by atoms with Gasteiger partial charge in [-0.2, -0.15) is 0 Å². The summed E-state index contributed by atoms with van der Waals surface area (Å²) in [6.45, 7) is 0.757. The van der Waals surface area contributed by atoms with Crippen LogP contribution in [0.5, 0.6) is 5.75 Å². The van der Waals surface area contributed by atoms with Gasteiger partial charge in [0.25, 0.3) is 0 Å². The molecule has 2 aromatic carbocycles. The Kier molecular flexibility index (Phi) is 6.51. The largest absolute Gasteiger partial charge is 0.497 e. The standard InChI is InChI=1S/C17H21N3O4S/c1-24-15-4-2-3-14(11-15)20-17(21)12-19-10-9-13-5-7-16(8-6-13)25(18,22)23/h2-8,11,19H,9-10,12H2,1H3,(H,20,21)(H2,18,22,23). The molecule has 7 nitrogen and oxygen atoms in total. The number of sulfonamides is 1. The second kappa shape index (κ2) is 8.61. The first kappa shape index (κ1) is 18.9. The summed E-state index contributed by atoms with van der Waals surface area (Å²) in [4.78, 5) is 12.0. The predicted octanol–water partition coefficient (Wildman–Crippen LogP) is 1.11. The van der Waals surface area contributed by atoms with E-state index in [-0.39, 0.29) is 17.3 Å². The summed E-state index contributed by atoms with van der Waals surface area (Å²) in [6.07, 6.45) is 0.664. The van der Waals surface area contributed by atoms with E-state index in [9.17, 15) is 13.2 Å². The second-order valence-corrected chi connectivity index (χ2v) is 6.96. The van der Waals surface area contributed by atoms with Crippen LogP contribution >= 0.6 is 0 Å². The summed E-state index contributed by atoms with van der Waals surface area (Å²) < 4.78 is 27.5. The fourth-order valence-electron chi connectivity index (χ4n) is 2.19. The number of hydrogen-bond donors (Lipinski definition) is 3. The van der Waals surface area contributed by atoms with Crippen molar-refractivity contribution < 1.29 is 17.9 Å². The van der Waals surface area contributed by atoms with Crippen molar-refractivity contribution in [3.8, 4) is 5.75 Å². The number of benzene rings is 2. The van der Waals surface area contributed by atoms with Crippen LogP contribution in [0.4, 0.5) is 5.69 Å². The highest BCUT2D eigenvalue weighted by molar-refractivity contribution is 7.89. The normalized spacial score (nSPS) is 11.1. The Bertz CT molecular complexity index is 820. The van der Waals surface area contributed by atoms with E-state index in [4.69, 9.17) is 9.88 Å². The monoisotopic (exact) mass is 363 g/mol. The molecule has 0 fully saturated rings. The number of anilines is 1. The molecule has 0 aliphatic rings. The quantitative estimate of drug-likeness (QED) is 0.609. The molecule has 8 heteroatoms. The minimum atomic E-state index is -3.67. The summed E-state index contributed by atoms with van der Waals surface area (Å²) in [6, 6.07) is 13.5. The third kappa shape index (κ3) is 6.18. The van der Waals surface area contributed by atoms with Gasteiger partial charge in [0.05, 0.1) is 18.6 Å². The first-order valence-electron chi connectivity index (χ1n) is 7.65. The lowest BCUT2D eigenvalue weighted by molar-refractivity contribution is -0.115. The molecule has 134 valence electrons. The molecule has 0 saturated heterocycles. The molecule has 4 N–H and O–H groups in total. The molecule has 2 rings (SSSR count). The van der Waals surface area contributed by atoms with Crippen molar-refractivity contribution in [3.63, 3.8) is 0 Å². The van der Waals surface area contributed by atoms with Crippen molar-refractivity contribution in [1.29, 1.82) is 0 Å². The molecule has 0 unspecified atom stereocenters. The van der Waals surface area contributed by atoms with Crippen LogP contribution in [0, 0.1) is 0 Å². The molecule has 0 bridgehead atoms. The van der Waals surface area contributed by atoms with Crippen molar-refractivity contribution in [3.05, 3.63) is 54.1 Å². The lowest BCUT2D eigenvalue weighted by atomic mass is 10.1. The molecule has 0 spiro atoms. The van der Waals surface area contributed by atoms with Gasteiger partial charge in [0.15, 0.2) is 0 Å². The van der Waals surface area contributed by atoms with Crippen LogP contribution in [-0.2, 0) is 21.2 Å². The molecule has 0 radical (unpaired) electrons. The van der Waals surface area contributed by atoms with Gasteiger partial charge >= 0.3 is 0 Å². The summed E-state index contributed by atoms with van der Waals surface area (Å²) in [7, 11) is -2.10. The number of primary sulfonamides is 1. The molecule has 1 amide bonds. The maximum atomic E-state index is 11.9. The van der Waals surface area contributed by atoms with Gasteiger partial charge in [-0.3, -0.25) is 4.79 Å².